The summed E-state index contributed by atoms with van der Waals surface area (Å²) in [6.07, 6.45) is 5.71. The van der Waals surface area contributed by atoms with Gasteiger partial charge in [-0.1, -0.05) is 48.5 Å². The number of fused-ring (bicyclic) bond motifs is 1. The normalized spacial score (nSPS) is 14.2. The number of hydrogen-bond acceptors (Lipinski definition) is 2. The van der Waals surface area contributed by atoms with Crippen molar-refractivity contribution >= 4 is 22.9 Å². The molecule has 4 nitrogen and oxygen atoms in total. The van der Waals surface area contributed by atoms with Crippen molar-refractivity contribution in [3.8, 4) is 6.07 Å². The van der Waals surface area contributed by atoms with Crippen LogP contribution in [0.5, 0.6) is 0 Å². The summed E-state index contributed by atoms with van der Waals surface area (Å²) in [5.74, 6) is -0.283. The molecule has 1 amide bonds. The Morgan fingerprint density at radius 2 is 1.88 bits per heavy atom. The monoisotopic (exact) mass is 341 g/mol. The lowest BCUT2D eigenvalue weighted by atomic mass is 10.1. The number of hydrogen-bond donors (Lipinski definition) is 1. The minimum atomic E-state index is -0.283. The Balaban J connectivity index is 1.72. The fourth-order valence-electron chi connectivity index (χ4n) is 3.10. The minimum absolute atomic E-state index is 0.152. The molecule has 0 saturated heterocycles. The average molecular weight is 341 g/mol. The Kier molecular flexibility index (Phi) is 4.28. The van der Waals surface area contributed by atoms with Crippen molar-refractivity contribution in [3.05, 3.63) is 77.5 Å². The minimum Gasteiger partial charge on any atom is -0.349 e. The quantitative estimate of drug-likeness (QED) is 0.566. The van der Waals surface area contributed by atoms with Crippen LogP contribution in [0, 0.1) is 11.3 Å². The van der Waals surface area contributed by atoms with Crippen LogP contribution >= 0.6 is 0 Å². The van der Waals surface area contributed by atoms with E-state index >= 15 is 0 Å². The molecule has 0 spiro atoms. The first-order chi connectivity index (χ1) is 12.7. The van der Waals surface area contributed by atoms with E-state index in [4.69, 9.17) is 0 Å². The van der Waals surface area contributed by atoms with Gasteiger partial charge in [-0.2, -0.15) is 5.26 Å². The third-order valence-corrected chi connectivity index (χ3v) is 4.59. The molecule has 2 aromatic carbocycles. The molecule has 0 radical (unpaired) electrons. The molecule has 128 valence electrons. The van der Waals surface area contributed by atoms with Crippen LogP contribution in [0.25, 0.3) is 17.0 Å². The molecule has 0 unspecified atom stereocenters. The molecule has 1 aromatic heterocycles. The highest BCUT2D eigenvalue weighted by molar-refractivity contribution is 6.04. The maximum Gasteiger partial charge on any atom is 0.262 e. The van der Waals surface area contributed by atoms with E-state index in [1.54, 1.807) is 6.08 Å². The summed E-state index contributed by atoms with van der Waals surface area (Å²) in [5.41, 5.74) is 3.33. The molecule has 1 fully saturated rings. The molecule has 0 aliphatic heterocycles. The number of carbonyl (C=O) groups excluding carboxylic acids is 1. The van der Waals surface area contributed by atoms with Crippen LogP contribution in [0.2, 0.25) is 0 Å². The van der Waals surface area contributed by atoms with Crippen molar-refractivity contribution in [1.29, 1.82) is 5.26 Å². The van der Waals surface area contributed by atoms with Crippen LogP contribution in [0.3, 0.4) is 0 Å². The number of nitriles is 1. The molecule has 3 aromatic rings. The predicted molar refractivity (Wildman–Crippen MR) is 102 cm³/mol. The van der Waals surface area contributed by atoms with E-state index in [0.717, 1.165) is 35.9 Å². The number of aromatic nitrogens is 1. The summed E-state index contributed by atoms with van der Waals surface area (Å²) in [4.78, 5) is 12.3. The van der Waals surface area contributed by atoms with Gasteiger partial charge in [-0.15, -0.1) is 0 Å². The molecule has 1 N–H and O–H groups in total. The van der Waals surface area contributed by atoms with Crippen molar-refractivity contribution in [2.24, 2.45) is 0 Å². The lowest BCUT2D eigenvalue weighted by Gasteiger charge is -2.05. The zero-order valence-electron chi connectivity index (χ0n) is 14.4. The van der Waals surface area contributed by atoms with Gasteiger partial charge in [0.25, 0.3) is 5.91 Å². The predicted octanol–water partition coefficient (Wildman–Crippen LogP) is 3.88. The third-order valence-electron chi connectivity index (χ3n) is 4.59. The summed E-state index contributed by atoms with van der Waals surface area (Å²) < 4.78 is 2.16. The molecule has 1 saturated carbocycles. The zero-order chi connectivity index (χ0) is 17.9. The topological polar surface area (TPSA) is 57.8 Å². The van der Waals surface area contributed by atoms with Crippen LogP contribution < -0.4 is 5.32 Å². The first-order valence-corrected chi connectivity index (χ1v) is 8.79. The summed E-state index contributed by atoms with van der Waals surface area (Å²) in [5, 5.41) is 13.3. The zero-order valence-corrected chi connectivity index (χ0v) is 14.4. The molecule has 0 atom stereocenters. The lowest BCUT2D eigenvalue weighted by molar-refractivity contribution is -0.117. The van der Waals surface area contributed by atoms with Crippen LogP contribution in [0.4, 0.5) is 0 Å². The van der Waals surface area contributed by atoms with E-state index in [9.17, 15) is 10.1 Å². The second kappa shape index (κ2) is 6.89. The molecular formula is C22H19N3O. The number of nitrogens with zero attached hydrogens (tertiary/aromatic N) is 2. The fourth-order valence-corrected chi connectivity index (χ4v) is 3.10. The molecule has 4 heteroatoms. The van der Waals surface area contributed by atoms with Gasteiger partial charge in [-0.25, -0.2) is 0 Å². The van der Waals surface area contributed by atoms with E-state index in [-0.39, 0.29) is 17.5 Å². The average Bonchev–Trinajstić information content (AvgIpc) is 3.42. The number of rotatable bonds is 5. The Morgan fingerprint density at radius 3 is 2.62 bits per heavy atom. The van der Waals surface area contributed by atoms with Crippen LogP contribution in [-0.4, -0.2) is 16.5 Å². The second-order valence-electron chi connectivity index (χ2n) is 6.63. The molecule has 1 aliphatic carbocycles. The summed E-state index contributed by atoms with van der Waals surface area (Å²) in [7, 11) is 0. The third kappa shape index (κ3) is 3.38. The number of nitrogens with one attached hydrogen (secondary N) is 1. The first kappa shape index (κ1) is 16.2. The maximum atomic E-state index is 12.3. The van der Waals surface area contributed by atoms with Gasteiger partial charge in [0.15, 0.2) is 0 Å². The van der Waals surface area contributed by atoms with Crippen molar-refractivity contribution in [3.63, 3.8) is 0 Å². The summed E-state index contributed by atoms with van der Waals surface area (Å²) >= 11 is 0. The smallest absolute Gasteiger partial charge is 0.262 e. The SMILES string of the molecule is N#CC(=Cc1cn(Cc2ccccc2)c2ccccc12)C(=O)NC1CC1. The fraction of sp³-hybridized carbons (Fsp3) is 0.182. The van der Waals surface area contributed by atoms with E-state index < -0.39 is 0 Å². The lowest BCUT2D eigenvalue weighted by Crippen LogP contribution is -2.26. The van der Waals surface area contributed by atoms with Crippen LogP contribution in [0.15, 0.2) is 66.4 Å². The van der Waals surface area contributed by atoms with Gasteiger partial charge in [-0.05, 0) is 30.5 Å². The highest BCUT2D eigenvalue weighted by Crippen LogP contribution is 2.25. The number of amides is 1. The van der Waals surface area contributed by atoms with Crippen LogP contribution in [-0.2, 0) is 11.3 Å². The van der Waals surface area contributed by atoms with Gasteiger partial charge in [0, 0.05) is 35.2 Å². The molecule has 4 rings (SSSR count). The van der Waals surface area contributed by atoms with Gasteiger partial charge < -0.3 is 9.88 Å². The van der Waals surface area contributed by atoms with Crippen LogP contribution in [0.1, 0.15) is 24.0 Å². The molecule has 26 heavy (non-hydrogen) atoms. The number of carbonyl (C=O) groups is 1. The van der Waals surface area contributed by atoms with Gasteiger partial charge in [0.05, 0.1) is 0 Å². The second-order valence-corrected chi connectivity index (χ2v) is 6.63. The summed E-state index contributed by atoms with van der Waals surface area (Å²) in [6.45, 7) is 0.741. The van der Waals surface area contributed by atoms with E-state index in [2.05, 4.69) is 28.1 Å². The molecular weight excluding hydrogens is 322 g/mol. The Morgan fingerprint density at radius 1 is 1.15 bits per heavy atom. The summed E-state index contributed by atoms with van der Waals surface area (Å²) in [6, 6.07) is 20.6. The Hall–Kier alpha value is -3.32. The van der Waals surface area contributed by atoms with Gasteiger partial charge >= 0.3 is 0 Å². The Labute approximate surface area is 152 Å². The molecule has 0 bridgehead atoms. The van der Waals surface area contributed by atoms with Crippen molar-refractivity contribution < 1.29 is 4.79 Å². The number of benzene rings is 2. The Bertz CT molecular complexity index is 1020. The molecule has 1 aliphatic rings. The standard InChI is InChI=1S/C22H19N3O/c23-13-17(22(26)24-19-10-11-19)12-18-15-25(14-16-6-2-1-3-7-16)21-9-5-4-8-20(18)21/h1-9,12,15,19H,10-11,14H2,(H,24,26). The number of para-hydroxylation sites is 1. The van der Waals surface area contributed by atoms with Crippen molar-refractivity contribution in [2.75, 3.05) is 0 Å². The highest BCUT2D eigenvalue weighted by atomic mass is 16.1. The van der Waals surface area contributed by atoms with Crippen molar-refractivity contribution in [2.45, 2.75) is 25.4 Å². The van der Waals surface area contributed by atoms with Gasteiger partial charge in [0.1, 0.15) is 11.6 Å². The first-order valence-electron chi connectivity index (χ1n) is 8.79. The van der Waals surface area contributed by atoms with E-state index in [0.29, 0.717) is 0 Å². The maximum absolute atomic E-state index is 12.3. The van der Waals surface area contributed by atoms with Gasteiger partial charge in [-0.3, -0.25) is 4.79 Å². The van der Waals surface area contributed by atoms with Crippen molar-refractivity contribution in [1.82, 2.24) is 9.88 Å². The van der Waals surface area contributed by atoms with E-state index in [1.807, 2.05) is 48.7 Å². The van der Waals surface area contributed by atoms with Gasteiger partial charge in [0.2, 0.25) is 0 Å². The largest absolute Gasteiger partial charge is 0.349 e. The highest BCUT2D eigenvalue weighted by Gasteiger charge is 2.24. The van der Waals surface area contributed by atoms with E-state index in [1.165, 1.54) is 5.56 Å². The molecule has 1 heterocycles.